The molecule has 5 heteroatoms. The highest BCUT2D eigenvalue weighted by molar-refractivity contribution is 8.01. The van der Waals surface area contributed by atoms with Crippen LogP contribution in [0.25, 0.3) is 0 Å². The summed E-state index contributed by atoms with van der Waals surface area (Å²) in [5, 5.41) is 10.2. The van der Waals surface area contributed by atoms with Gasteiger partial charge in [0.1, 0.15) is 5.15 Å². The number of hydrogen-bond acceptors (Lipinski definition) is 4. The second-order valence-corrected chi connectivity index (χ2v) is 7.35. The molecule has 0 saturated heterocycles. The van der Waals surface area contributed by atoms with Crippen molar-refractivity contribution in [3.05, 3.63) is 10.0 Å². The molecule has 0 spiro atoms. The highest BCUT2D eigenvalue weighted by Crippen LogP contribution is 2.39. The van der Waals surface area contributed by atoms with Crippen molar-refractivity contribution in [2.45, 2.75) is 48.8 Å². The maximum Gasteiger partial charge on any atom is 0.152 e. The summed E-state index contributed by atoms with van der Waals surface area (Å²) in [6, 6.07) is 0. The molecular formula is C11H16ClNOS2. The fraction of sp³-hybridized carbons (Fsp3) is 0.727. The number of thioether (sulfide) groups is 1. The van der Waals surface area contributed by atoms with Gasteiger partial charge in [-0.3, -0.25) is 0 Å². The molecule has 0 aliphatic heterocycles. The van der Waals surface area contributed by atoms with Crippen LogP contribution in [-0.4, -0.2) is 15.3 Å². The van der Waals surface area contributed by atoms with Crippen LogP contribution in [-0.2, 0) is 6.61 Å². The van der Waals surface area contributed by atoms with Crippen LogP contribution in [0.5, 0.6) is 0 Å². The Balaban J connectivity index is 1.97. The van der Waals surface area contributed by atoms with E-state index in [1.165, 1.54) is 37.0 Å². The van der Waals surface area contributed by atoms with Gasteiger partial charge in [-0.05, 0) is 18.8 Å². The smallest absolute Gasteiger partial charge is 0.152 e. The number of thiazole rings is 1. The van der Waals surface area contributed by atoms with Crippen LogP contribution in [0.2, 0.25) is 5.15 Å². The Labute approximate surface area is 109 Å². The number of halogens is 1. The Morgan fingerprint density at radius 2 is 2.38 bits per heavy atom. The van der Waals surface area contributed by atoms with E-state index in [-0.39, 0.29) is 6.61 Å². The second kappa shape index (κ2) is 5.71. The minimum atomic E-state index is -0.00186. The first kappa shape index (κ1) is 12.7. The molecule has 0 radical (unpaired) electrons. The van der Waals surface area contributed by atoms with Gasteiger partial charge < -0.3 is 5.11 Å². The van der Waals surface area contributed by atoms with E-state index >= 15 is 0 Å². The van der Waals surface area contributed by atoms with Crippen LogP contribution < -0.4 is 0 Å². The molecular weight excluding hydrogens is 262 g/mol. The van der Waals surface area contributed by atoms with E-state index in [1.807, 2.05) is 11.8 Å². The summed E-state index contributed by atoms with van der Waals surface area (Å²) in [7, 11) is 0. The summed E-state index contributed by atoms with van der Waals surface area (Å²) in [4.78, 5) is 5.07. The number of hydrogen-bond donors (Lipinski definition) is 1. The van der Waals surface area contributed by atoms with Gasteiger partial charge in [-0.25, -0.2) is 4.98 Å². The van der Waals surface area contributed by atoms with E-state index in [0.29, 0.717) is 10.4 Å². The van der Waals surface area contributed by atoms with Crippen molar-refractivity contribution in [1.29, 1.82) is 0 Å². The van der Waals surface area contributed by atoms with Crippen molar-refractivity contribution in [3.63, 3.8) is 0 Å². The molecule has 1 fully saturated rings. The molecule has 90 valence electrons. The van der Waals surface area contributed by atoms with E-state index < -0.39 is 0 Å². The van der Waals surface area contributed by atoms with Gasteiger partial charge in [-0.1, -0.05) is 43.1 Å². The molecule has 0 amide bonds. The molecule has 1 heterocycles. The molecule has 1 aromatic heterocycles. The molecule has 0 aromatic carbocycles. The molecule has 1 N–H and O–H groups in total. The van der Waals surface area contributed by atoms with Crippen LogP contribution >= 0.6 is 34.7 Å². The molecule has 0 bridgehead atoms. The Morgan fingerprint density at radius 3 is 3.00 bits per heavy atom. The largest absolute Gasteiger partial charge is 0.391 e. The van der Waals surface area contributed by atoms with Gasteiger partial charge in [0.15, 0.2) is 4.34 Å². The SMILES string of the molecule is CC1CCCC(Sc2nc(Cl)c(CO)s2)C1. The molecule has 1 aromatic rings. The quantitative estimate of drug-likeness (QED) is 0.908. The first-order chi connectivity index (χ1) is 7.69. The summed E-state index contributed by atoms with van der Waals surface area (Å²) in [5.74, 6) is 0.832. The van der Waals surface area contributed by atoms with Crippen molar-refractivity contribution in [1.82, 2.24) is 4.98 Å². The molecule has 16 heavy (non-hydrogen) atoms. The maximum absolute atomic E-state index is 9.06. The fourth-order valence-electron chi connectivity index (χ4n) is 2.09. The summed E-state index contributed by atoms with van der Waals surface area (Å²) < 4.78 is 1.01. The third-order valence-corrected chi connectivity index (χ3v) is 5.78. The van der Waals surface area contributed by atoms with E-state index in [4.69, 9.17) is 16.7 Å². The van der Waals surface area contributed by atoms with Crippen molar-refractivity contribution >= 4 is 34.7 Å². The van der Waals surface area contributed by atoms with Gasteiger partial charge in [0.05, 0.1) is 11.5 Å². The van der Waals surface area contributed by atoms with Crippen molar-refractivity contribution in [2.75, 3.05) is 0 Å². The standard InChI is InChI=1S/C11H16ClNOS2/c1-7-3-2-4-8(5-7)15-11-13-10(12)9(6-14)16-11/h7-8,14H,2-6H2,1H3. The fourth-order valence-corrected chi connectivity index (χ4v) is 5.03. The van der Waals surface area contributed by atoms with E-state index in [9.17, 15) is 0 Å². The van der Waals surface area contributed by atoms with E-state index in [2.05, 4.69) is 11.9 Å². The number of nitrogens with zero attached hydrogens (tertiary/aromatic N) is 1. The van der Waals surface area contributed by atoms with Gasteiger partial charge in [0, 0.05) is 5.25 Å². The predicted octanol–water partition coefficient (Wildman–Crippen LogP) is 3.96. The monoisotopic (exact) mass is 277 g/mol. The van der Waals surface area contributed by atoms with Gasteiger partial charge >= 0.3 is 0 Å². The highest BCUT2D eigenvalue weighted by Gasteiger charge is 2.21. The Hall–Kier alpha value is 0.230. The number of rotatable bonds is 3. The molecule has 2 nitrogen and oxygen atoms in total. The molecule has 1 saturated carbocycles. The average Bonchev–Trinajstić information content (AvgIpc) is 2.58. The Kier molecular flexibility index (Phi) is 4.53. The molecule has 2 rings (SSSR count). The summed E-state index contributed by atoms with van der Waals surface area (Å²) >= 11 is 9.27. The van der Waals surface area contributed by atoms with Gasteiger partial charge in [-0.15, -0.1) is 11.3 Å². The molecule has 2 unspecified atom stereocenters. The zero-order valence-corrected chi connectivity index (χ0v) is 11.7. The lowest BCUT2D eigenvalue weighted by Crippen LogP contribution is -2.14. The third-order valence-electron chi connectivity index (χ3n) is 2.93. The van der Waals surface area contributed by atoms with Crippen LogP contribution in [0.1, 0.15) is 37.5 Å². The lowest BCUT2D eigenvalue weighted by molar-refractivity contribution is 0.285. The zero-order chi connectivity index (χ0) is 11.5. The summed E-state index contributed by atoms with van der Waals surface area (Å²) in [6.45, 7) is 2.32. The minimum Gasteiger partial charge on any atom is -0.391 e. The van der Waals surface area contributed by atoms with Gasteiger partial charge in [-0.2, -0.15) is 0 Å². The molecule has 2 atom stereocenters. The van der Waals surface area contributed by atoms with Gasteiger partial charge in [0.25, 0.3) is 0 Å². The summed E-state index contributed by atoms with van der Waals surface area (Å²) in [6.07, 6.45) is 5.24. The van der Waals surface area contributed by atoms with Crippen LogP contribution in [0.4, 0.5) is 0 Å². The van der Waals surface area contributed by atoms with E-state index in [1.54, 1.807) is 0 Å². The number of aromatic nitrogens is 1. The van der Waals surface area contributed by atoms with Crippen LogP contribution in [0.15, 0.2) is 4.34 Å². The third kappa shape index (κ3) is 3.13. The normalized spacial score (nSPS) is 25.9. The topological polar surface area (TPSA) is 33.1 Å². The van der Waals surface area contributed by atoms with Crippen molar-refractivity contribution < 1.29 is 5.11 Å². The molecule has 1 aliphatic rings. The Morgan fingerprint density at radius 1 is 1.56 bits per heavy atom. The number of aliphatic hydroxyl groups is 1. The minimum absolute atomic E-state index is 0.00186. The van der Waals surface area contributed by atoms with Gasteiger partial charge in [0.2, 0.25) is 0 Å². The predicted molar refractivity (Wildman–Crippen MR) is 70.3 cm³/mol. The van der Waals surface area contributed by atoms with Crippen LogP contribution in [0, 0.1) is 5.92 Å². The zero-order valence-electron chi connectivity index (χ0n) is 9.28. The Bertz CT molecular complexity index is 356. The van der Waals surface area contributed by atoms with E-state index in [0.717, 1.165) is 15.1 Å². The summed E-state index contributed by atoms with van der Waals surface area (Å²) in [5.41, 5.74) is 0. The number of aliphatic hydroxyl groups excluding tert-OH is 1. The molecule has 1 aliphatic carbocycles. The lowest BCUT2D eigenvalue weighted by Gasteiger charge is -2.25. The first-order valence-electron chi connectivity index (χ1n) is 5.61. The van der Waals surface area contributed by atoms with Crippen LogP contribution in [0.3, 0.4) is 0 Å². The highest BCUT2D eigenvalue weighted by atomic mass is 35.5. The average molecular weight is 278 g/mol. The first-order valence-corrected chi connectivity index (χ1v) is 7.69. The lowest BCUT2D eigenvalue weighted by atomic mass is 9.91. The van der Waals surface area contributed by atoms with Crippen molar-refractivity contribution in [2.24, 2.45) is 5.92 Å². The maximum atomic E-state index is 9.06. The van der Waals surface area contributed by atoms with Crippen molar-refractivity contribution in [3.8, 4) is 0 Å². The second-order valence-electron chi connectivity index (χ2n) is 4.36.